The minimum atomic E-state index is -3.24. The highest BCUT2D eigenvalue weighted by molar-refractivity contribution is 7.88. The van der Waals surface area contributed by atoms with E-state index < -0.39 is 10.0 Å². The molecule has 1 aromatic rings. The fourth-order valence-electron chi connectivity index (χ4n) is 2.09. The molecule has 1 saturated heterocycles. The van der Waals surface area contributed by atoms with Crippen molar-refractivity contribution < 1.29 is 8.42 Å². The van der Waals surface area contributed by atoms with Crippen molar-refractivity contribution in [3.8, 4) is 0 Å². The molecule has 1 atom stereocenters. The lowest BCUT2D eigenvalue weighted by atomic mass is 10.0. The topological polar surface area (TPSA) is 71.1 Å². The predicted molar refractivity (Wildman–Crippen MR) is 70.5 cm³/mol. The Balaban J connectivity index is 1.83. The monoisotopic (exact) mass is 269 g/mol. The van der Waals surface area contributed by atoms with Crippen molar-refractivity contribution in [2.45, 2.75) is 18.6 Å². The average Bonchev–Trinajstić information content (AvgIpc) is 2.38. The third-order valence-corrected chi connectivity index (χ3v) is 4.42. The van der Waals surface area contributed by atoms with Crippen molar-refractivity contribution in [1.29, 1.82) is 0 Å². The number of sulfonamides is 1. The lowest BCUT2D eigenvalue weighted by molar-refractivity contribution is 0.376. The zero-order chi connectivity index (χ0) is 12.8. The van der Waals surface area contributed by atoms with E-state index in [1.807, 2.05) is 0 Å². The van der Waals surface area contributed by atoms with Crippen molar-refractivity contribution in [1.82, 2.24) is 15.0 Å². The molecule has 0 saturated carbocycles. The van der Waals surface area contributed by atoms with E-state index in [4.69, 9.17) is 0 Å². The van der Waals surface area contributed by atoms with Gasteiger partial charge >= 0.3 is 0 Å². The summed E-state index contributed by atoms with van der Waals surface area (Å²) in [7, 11) is -3.24. The number of rotatable bonds is 5. The molecule has 2 N–H and O–H groups in total. The number of aromatic nitrogens is 1. The van der Waals surface area contributed by atoms with Gasteiger partial charge in [0, 0.05) is 18.9 Å². The zero-order valence-corrected chi connectivity index (χ0v) is 11.1. The van der Waals surface area contributed by atoms with Crippen molar-refractivity contribution in [3.63, 3.8) is 0 Å². The van der Waals surface area contributed by atoms with Crippen LogP contribution in [0.2, 0.25) is 0 Å². The van der Waals surface area contributed by atoms with Crippen LogP contribution >= 0.6 is 0 Å². The van der Waals surface area contributed by atoms with Gasteiger partial charge in [-0.1, -0.05) is 0 Å². The van der Waals surface area contributed by atoms with Crippen LogP contribution in [-0.4, -0.2) is 33.0 Å². The summed E-state index contributed by atoms with van der Waals surface area (Å²) in [5.74, 6) is 0.432. The molecule has 5 nitrogen and oxygen atoms in total. The summed E-state index contributed by atoms with van der Waals surface area (Å²) in [5.41, 5.74) is 0.763. The molecule has 100 valence electrons. The second-order valence-electron chi connectivity index (χ2n) is 4.68. The highest BCUT2D eigenvalue weighted by atomic mass is 32.2. The van der Waals surface area contributed by atoms with Crippen LogP contribution in [0.3, 0.4) is 0 Å². The first-order valence-electron chi connectivity index (χ1n) is 6.23. The van der Waals surface area contributed by atoms with Gasteiger partial charge in [-0.25, -0.2) is 13.1 Å². The minimum absolute atomic E-state index is 0.0235. The fraction of sp³-hybridized carbons (Fsp3) is 0.583. The Bertz CT molecular complexity index is 455. The van der Waals surface area contributed by atoms with E-state index in [0.717, 1.165) is 31.5 Å². The van der Waals surface area contributed by atoms with Crippen LogP contribution in [-0.2, 0) is 15.8 Å². The zero-order valence-electron chi connectivity index (χ0n) is 10.3. The van der Waals surface area contributed by atoms with E-state index in [9.17, 15) is 8.42 Å². The number of hydrogen-bond donors (Lipinski definition) is 2. The summed E-state index contributed by atoms with van der Waals surface area (Å²) in [4.78, 5) is 3.87. The van der Waals surface area contributed by atoms with Crippen LogP contribution in [0.4, 0.5) is 0 Å². The first-order chi connectivity index (χ1) is 8.66. The summed E-state index contributed by atoms with van der Waals surface area (Å²) in [6.07, 6.45) is 5.42. The van der Waals surface area contributed by atoms with Crippen LogP contribution < -0.4 is 10.0 Å². The molecule has 0 aromatic carbocycles. The summed E-state index contributed by atoms with van der Waals surface area (Å²) >= 11 is 0. The van der Waals surface area contributed by atoms with Crippen molar-refractivity contribution in [2.75, 3.05) is 19.6 Å². The number of nitrogens with one attached hydrogen (secondary N) is 2. The smallest absolute Gasteiger partial charge is 0.215 e. The lowest BCUT2D eigenvalue weighted by Crippen LogP contribution is -2.38. The Hall–Kier alpha value is -0.980. The van der Waals surface area contributed by atoms with Gasteiger partial charge < -0.3 is 5.32 Å². The Kier molecular flexibility index (Phi) is 4.68. The normalized spacial score (nSPS) is 20.8. The Labute approximate surface area is 108 Å². The minimum Gasteiger partial charge on any atom is -0.316 e. The largest absolute Gasteiger partial charge is 0.316 e. The molecule has 2 rings (SSSR count). The molecule has 0 unspecified atom stereocenters. The van der Waals surface area contributed by atoms with Gasteiger partial charge in [0.25, 0.3) is 0 Å². The van der Waals surface area contributed by atoms with Crippen LogP contribution in [0, 0.1) is 5.92 Å². The maximum Gasteiger partial charge on any atom is 0.215 e. The standard InChI is InChI=1S/C12H19N3O2S/c16-18(17,10-11-3-6-13-7-4-11)15-9-12-2-1-5-14-8-12/h3-4,6-7,12,14-15H,1-2,5,8-10H2/t12-/m1/s1. The van der Waals surface area contributed by atoms with E-state index in [0.29, 0.717) is 12.5 Å². The molecule has 0 bridgehead atoms. The maximum atomic E-state index is 11.9. The highest BCUT2D eigenvalue weighted by Crippen LogP contribution is 2.09. The van der Waals surface area contributed by atoms with Crippen molar-refractivity contribution in [3.05, 3.63) is 30.1 Å². The molecule has 0 aliphatic carbocycles. The molecule has 1 fully saturated rings. The highest BCUT2D eigenvalue weighted by Gasteiger charge is 2.17. The molecule has 0 amide bonds. The number of hydrogen-bond acceptors (Lipinski definition) is 4. The van der Waals surface area contributed by atoms with Crippen LogP contribution in [0.15, 0.2) is 24.5 Å². The van der Waals surface area contributed by atoms with Gasteiger partial charge in [-0.2, -0.15) is 0 Å². The first kappa shape index (κ1) is 13.5. The SMILES string of the molecule is O=S(=O)(Cc1ccncc1)NC[C@@H]1CCCNC1. The van der Waals surface area contributed by atoms with Gasteiger partial charge in [-0.3, -0.25) is 4.98 Å². The van der Waals surface area contributed by atoms with Gasteiger partial charge in [0.2, 0.25) is 10.0 Å². The Morgan fingerprint density at radius 2 is 2.17 bits per heavy atom. The number of piperidine rings is 1. The van der Waals surface area contributed by atoms with Gasteiger partial charge in [0.05, 0.1) is 5.75 Å². The molecular formula is C12H19N3O2S. The average molecular weight is 269 g/mol. The predicted octanol–water partition coefficient (Wildman–Crippen LogP) is 0.501. The molecule has 0 spiro atoms. The van der Waals surface area contributed by atoms with E-state index in [-0.39, 0.29) is 5.75 Å². The Morgan fingerprint density at radius 1 is 1.39 bits per heavy atom. The summed E-state index contributed by atoms with van der Waals surface area (Å²) in [6, 6.07) is 3.45. The van der Waals surface area contributed by atoms with Crippen molar-refractivity contribution >= 4 is 10.0 Å². The summed E-state index contributed by atoms with van der Waals surface area (Å²) in [5, 5.41) is 3.28. The maximum absolute atomic E-state index is 11.9. The summed E-state index contributed by atoms with van der Waals surface area (Å²) in [6.45, 7) is 2.47. The molecule has 1 aliphatic rings. The molecule has 0 radical (unpaired) electrons. The summed E-state index contributed by atoms with van der Waals surface area (Å²) < 4.78 is 26.5. The molecule has 1 aromatic heterocycles. The van der Waals surface area contributed by atoms with Crippen LogP contribution in [0.25, 0.3) is 0 Å². The number of pyridine rings is 1. The van der Waals surface area contributed by atoms with Gasteiger partial charge in [-0.15, -0.1) is 0 Å². The molecule has 18 heavy (non-hydrogen) atoms. The van der Waals surface area contributed by atoms with E-state index in [1.54, 1.807) is 24.5 Å². The second kappa shape index (κ2) is 6.26. The van der Waals surface area contributed by atoms with Gasteiger partial charge in [0.15, 0.2) is 0 Å². The molecular weight excluding hydrogens is 250 g/mol. The van der Waals surface area contributed by atoms with Gasteiger partial charge in [0.1, 0.15) is 0 Å². The van der Waals surface area contributed by atoms with Crippen LogP contribution in [0.5, 0.6) is 0 Å². The fourth-order valence-corrected chi connectivity index (χ4v) is 3.32. The van der Waals surface area contributed by atoms with Gasteiger partial charge in [-0.05, 0) is 49.5 Å². The third kappa shape index (κ3) is 4.36. The Morgan fingerprint density at radius 3 is 2.83 bits per heavy atom. The first-order valence-corrected chi connectivity index (χ1v) is 7.88. The third-order valence-electron chi connectivity index (χ3n) is 3.10. The second-order valence-corrected chi connectivity index (χ2v) is 6.48. The van der Waals surface area contributed by atoms with Crippen molar-refractivity contribution in [2.24, 2.45) is 5.92 Å². The molecule has 2 heterocycles. The molecule has 1 aliphatic heterocycles. The van der Waals surface area contributed by atoms with E-state index in [1.165, 1.54) is 0 Å². The van der Waals surface area contributed by atoms with E-state index in [2.05, 4.69) is 15.0 Å². The lowest BCUT2D eigenvalue weighted by Gasteiger charge is -2.22. The number of nitrogens with zero attached hydrogens (tertiary/aromatic N) is 1. The van der Waals surface area contributed by atoms with E-state index >= 15 is 0 Å². The van der Waals surface area contributed by atoms with Crippen LogP contribution in [0.1, 0.15) is 18.4 Å². The molecule has 6 heteroatoms. The quantitative estimate of drug-likeness (QED) is 0.816.